The molecule has 0 fully saturated rings. The van der Waals surface area contributed by atoms with Gasteiger partial charge < -0.3 is 10.6 Å². The first kappa shape index (κ1) is 22.0. The molecule has 0 saturated heterocycles. The van der Waals surface area contributed by atoms with Crippen LogP contribution in [0.2, 0.25) is 0 Å². The van der Waals surface area contributed by atoms with Crippen molar-refractivity contribution in [1.29, 1.82) is 0 Å². The Bertz CT molecular complexity index is 1290. The van der Waals surface area contributed by atoms with Gasteiger partial charge in [0.05, 0.1) is 11.3 Å². The molecule has 0 aliphatic carbocycles. The van der Waals surface area contributed by atoms with E-state index in [1.54, 1.807) is 30.3 Å². The number of benzene rings is 3. The van der Waals surface area contributed by atoms with Gasteiger partial charge in [-0.15, -0.1) is 0 Å². The van der Waals surface area contributed by atoms with E-state index in [9.17, 15) is 14.4 Å². The van der Waals surface area contributed by atoms with Crippen molar-refractivity contribution in [2.45, 2.75) is 27.7 Å². The normalized spacial score (nSPS) is 13.5. The lowest BCUT2D eigenvalue weighted by molar-refractivity contribution is -0.120. The monoisotopic (exact) mass is 439 g/mol. The predicted octanol–water partition coefficient (Wildman–Crippen LogP) is 4.97. The van der Waals surface area contributed by atoms with Crippen LogP contribution in [-0.2, 0) is 14.4 Å². The first-order valence-corrected chi connectivity index (χ1v) is 10.7. The summed E-state index contributed by atoms with van der Waals surface area (Å²) in [5.74, 6) is -0.939. The Morgan fingerprint density at radius 1 is 0.788 bits per heavy atom. The predicted molar refractivity (Wildman–Crippen MR) is 131 cm³/mol. The van der Waals surface area contributed by atoms with Crippen molar-refractivity contribution in [1.82, 2.24) is 0 Å². The molecule has 6 nitrogen and oxygen atoms in total. The maximum Gasteiger partial charge on any atom is 0.282 e. The smallest absolute Gasteiger partial charge is 0.282 e. The summed E-state index contributed by atoms with van der Waals surface area (Å²) in [4.78, 5) is 39.7. The zero-order valence-corrected chi connectivity index (χ0v) is 19.0. The summed E-state index contributed by atoms with van der Waals surface area (Å²) in [6.07, 6.45) is 0. The maximum absolute atomic E-state index is 13.6. The number of nitrogens with zero attached hydrogens (tertiary/aromatic N) is 1. The summed E-state index contributed by atoms with van der Waals surface area (Å²) >= 11 is 0. The number of imide groups is 1. The van der Waals surface area contributed by atoms with Crippen LogP contribution in [-0.4, -0.2) is 17.7 Å². The van der Waals surface area contributed by atoms with E-state index in [0.29, 0.717) is 28.2 Å². The standard InChI is InChI=1S/C27H25N3O3/c1-16-8-10-20(11-9-16)24-25(29-22-14-12-21(13-15-22)28-19(4)31)27(33)30(26(24)32)23-7-5-6-17(2)18(23)3/h5-15,29H,1-4H3,(H,28,31). The zero-order valence-electron chi connectivity index (χ0n) is 19.0. The van der Waals surface area contributed by atoms with Crippen molar-refractivity contribution < 1.29 is 14.4 Å². The second-order valence-corrected chi connectivity index (χ2v) is 8.16. The van der Waals surface area contributed by atoms with E-state index in [2.05, 4.69) is 10.6 Å². The van der Waals surface area contributed by atoms with Crippen molar-refractivity contribution in [3.8, 4) is 0 Å². The summed E-state index contributed by atoms with van der Waals surface area (Å²) in [6.45, 7) is 7.27. The molecule has 0 bridgehead atoms. The van der Waals surface area contributed by atoms with Gasteiger partial charge in [-0.3, -0.25) is 14.4 Å². The van der Waals surface area contributed by atoms with Gasteiger partial charge in [-0.05, 0) is 67.8 Å². The molecule has 3 amide bonds. The van der Waals surface area contributed by atoms with Crippen LogP contribution >= 0.6 is 0 Å². The fourth-order valence-electron chi connectivity index (χ4n) is 3.81. The Balaban J connectivity index is 1.78. The number of hydrogen-bond acceptors (Lipinski definition) is 4. The highest BCUT2D eigenvalue weighted by molar-refractivity contribution is 6.46. The Kier molecular flexibility index (Phi) is 5.84. The van der Waals surface area contributed by atoms with Crippen LogP contribution in [0.1, 0.15) is 29.2 Å². The van der Waals surface area contributed by atoms with E-state index in [1.807, 2.05) is 57.2 Å². The highest BCUT2D eigenvalue weighted by atomic mass is 16.2. The quantitative estimate of drug-likeness (QED) is 0.551. The highest BCUT2D eigenvalue weighted by Crippen LogP contribution is 2.36. The molecule has 1 aliphatic rings. The number of anilines is 3. The van der Waals surface area contributed by atoms with Crippen molar-refractivity contribution in [2.75, 3.05) is 15.5 Å². The molecule has 0 radical (unpaired) electrons. The van der Waals surface area contributed by atoms with Crippen molar-refractivity contribution in [3.05, 3.63) is 94.7 Å². The second kappa shape index (κ2) is 8.74. The molecule has 4 rings (SSSR count). The number of carbonyl (C=O) groups is 3. The third-order valence-electron chi connectivity index (χ3n) is 5.72. The molecule has 0 atom stereocenters. The van der Waals surface area contributed by atoms with Crippen LogP contribution in [0.3, 0.4) is 0 Å². The van der Waals surface area contributed by atoms with Gasteiger partial charge in [-0.2, -0.15) is 0 Å². The molecule has 0 unspecified atom stereocenters. The molecule has 3 aromatic carbocycles. The van der Waals surface area contributed by atoms with E-state index in [4.69, 9.17) is 0 Å². The van der Waals surface area contributed by atoms with Crippen LogP contribution in [0.25, 0.3) is 5.57 Å². The lowest BCUT2D eigenvalue weighted by atomic mass is 10.0. The molecule has 0 saturated carbocycles. The highest BCUT2D eigenvalue weighted by Gasteiger charge is 2.40. The van der Waals surface area contributed by atoms with E-state index in [-0.39, 0.29) is 17.5 Å². The van der Waals surface area contributed by atoms with Crippen LogP contribution in [0, 0.1) is 20.8 Å². The van der Waals surface area contributed by atoms with Gasteiger partial charge in [0.15, 0.2) is 0 Å². The third-order valence-corrected chi connectivity index (χ3v) is 5.72. The van der Waals surface area contributed by atoms with Gasteiger partial charge in [0, 0.05) is 18.3 Å². The summed E-state index contributed by atoms with van der Waals surface area (Å²) in [7, 11) is 0. The summed E-state index contributed by atoms with van der Waals surface area (Å²) in [5, 5.41) is 5.87. The molecule has 2 N–H and O–H groups in total. The largest absolute Gasteiger partial charge is 0.350 e. The van der Waals surface area contributed by atoms with E-state index in [1.165, 1.54) is 11.8 Å². The average Bonchev–Trinajstić information content (AvgIpc) is 3.01. The fraction of sp³-hybridized carbons (Fsp3) is 0.148. The Morgan fingerprint density at radius 2 is 1.42 bits per heavy atom. The molecule has 0 spiro atoms. The first-order valence-electron chi connectivity index (χ1n) is 10.7. The molecular weight excluding hydrogens is 414 g/mol. The SMILES string of the molecule is CC(=O)Nc1ccc(NC2=C(c3ccc(C)cc3)C(=O)N(c3cccc(C)c3C)C2=O)cc1. The van der Waals surface area contributed by atoms with Crippen LogP contribution in [0.4, 0.5) is 17.1 Å². The van der Waals surface area contributed by atoms with E-state index < -0.39 is 5.91 Å². The molecule has 6 heteroatoms. The number of carbonyl (C=O) groups excluding carboxylic acids is 3. The molecule has 3 aromatic rings. The van der Waals surface area contributed by atoms with Crippen LogP contribution in [0.5, 0.6) is 0 Å². The summed E-state index contributed by atoms with van der Waals surface area (Å²) in [5.41, 5.74) is 6.01. The minimum atomic E-state index is -0.407. The van der Waals surface area contributed by atoms with Crippen molar-refractivity contribution >= 4 is 40.4 Å². The van der Waals surface area contributed by atoms with Crippen molar-refractivity contribution in [2.24, 2.45) is 0 Å². The van der Waals surface area contributed by atoms with Gasteiger partial charge >= 0.3 is 0 Å². The number of amides is 3. The van der Waals surface area contributed by atoms with E-state index in [0.717, 1.165) is 16.7 Å². The molecule has 1 aliphatic heterocycles. The number of aryl methyl sites for hydroxylation is 2. The van der Waals surface area contributed by atoms with Crippen molar-refractivity contribution in [3.63, 3.8) is 0 Å². The number of nitrogens with one attached hydrogen (secondary N) is 2. The van der Waals surface area contributed by atoms with Crippen LogP contribution < -0.4 is 15.5 Å². The van der Waals surface area contributed by atoms with Gasteiger partial charge in [0.1, 0.15) is 5.70 Å². The van der Waals surface area contributed by atoms with E-state index >= 15 is 0 Å². The maximum atomic E-state index is 13.6. The zero-order chi connectivity index (χ0) is 23.7. The average molecular weight is 440 g/mol. The molecule has 1 heterocycles. The minimum Gasteiger partial charge on any atom is -0.350 e. The fourth-order valence-corrected chi connectivity index (χ4v) is 3.81. The molecule has 0 aromatic heterocycles. The van der Waals surface area contributed by atoms with Gasteiger partial charge in [0.25, 0.3) is 11.8 Å². The molecule has 166 valence electrons. The topological polar surface area (TPSA) is 78.5 Å². The number of rotatable bonds is 5. The first-order chi connectivity index (χ1) is 15.8. The third kappa shape index (κ3) is 4.28. The lowest BCUT2D eigenvalue weighted by Crippen LogP contribution is -2.33. The summed E-state index contributed by atoms with van der Waals surface area (Å²) in [6, 6.07) is 20.1. The number of hydrogen-bond donors (Lipinski definition) is 2. The minimum absolute atomic E-state index is 0.166. The second-order valence-electron chi connectivity index (χ2n) is 8.16. The Morgan fingerprint density at radius 3 is 2.06 bits per heavy atom. The Labute approximate surface area is 192 Å². The molecule has 33 heavy (non-hydrogen) atoms. The van der Waals surface area contributed by atoms with Gasteiger partial charge in [-0.25, -0.2) is 4.90 Å². The lowest BCUT2D eigenvalue weighted by Gasteiger charge is -2.19. The van der Waals surface area contributed by atoms with Gasteiger partial charge in [-0.1, -0.05) is 42.0 Å². The van der Waals surface area contributed by atoms with Gasteiger partial charge in [0.2, 0.25) is 5.91 Å². The Hall–Kier alpha value is -4.19. The van der Waals surface area contributed by atoms with Crippen LogP contribution in [0.15, 0.2) is 72.4 Å². The summed E-state index contributed by atoms with van der Waals surface area (Å²) < 4.78 is 0. The molecular formula is C27H25N3O3.